The van der Waals surface area contributed by atoms with Crippen LogP contribution >= 0.6 is 7.82 Å². The van der Waals surface area contributed by atoms with Gasteiger partial charge in [0.25, 0.3) is 0 Å². The van der Waals surface area contributed by atoms with Gasteiger partial charge in [-0.25, -0.2) is 0 Å². The van der Waals surface area contributed by atoms with Crippen LogP contribution in [0.15, 0.2) is 6.33 Å². The van der Waals surface area contributed by atoms with Gasteiger partial charge in [-0.05, 0) is 0 Å². The number of ether oxygens (including phenoxy) is 1. The molecule has 29 heavy (non-hydrogen) atoms. The Bertz CT molecular complexity index is 865. The molecule has 0 aromatic carbocycles. The van der Waals surface area contributed by atoms with Gasteiger partial charge in [-0.15, -0.1) is 0 Å². The Morgan fingerprint density at radius 3 is 2.76 bits per heavy atom. The van der Waals surface area contributed by atoms with E-state index < -0.39 is 26.3 Å². The van der Waals surface area contributed by atoms with Crippen molar-refractivity contribution in [3.8, 4) is 0 Å². The third kappa shape index (κ3) is 4.31. The molecule has 14 heteroatoms. The first-order valence-corrected chi connectivity index (χ1v) is 11.9. The Labute approximate surface area is 169 Å². The topological polar surface area (TPSA) is 153 Å². The number of nitrogens with zero attached hydrogens (tertiary/aromatic N) is 5. The summed E-state index contributed by atoms with van der Waals surface area (Å²) in [7, 11) is -1.83. The molecule has 3 atom stereocenters. The van der Waals surface area contributed by atoms with Crippen LogP contribution in [-0.2, 0) is 13.8 Å². The number of aromatic nitrogens is 4. The molecule has 2 aliphatic heterocycles. The summed E-state index contributed by atoms with van der Waals surface area (Å²) < 4.78 is 18.8. The van der Waals surface area contributed by atoms with E-state index in [1.165, 1.54) is 13.9 Å². The predicted molar refractivity (Wildman–Crippen MR) is 111 cm³/mol. The van der Waals surface area contributed by atoms with Gasteiger partial charge >= 0.3 is 169 Å². The van der Waals surface area contributed by atoms with Crippen molar-refractivity contribution in [2.45, 2.75) is 25.4 Å². The van der Waals surface area contributed by atoms with E-state index in [4.69, 9.17) is 19.5 Å². The molecule has 12 nitrogen and oxygen atoms in total. The number of anilines is 2. The molecular weight excluding hydrogens is 400 g/mol. The zero-order valence-electron chi connectivity index (χ0n) is 16.5. The van der Waals surface area contributed by atoms with Crippen LogP contribution in [0.2, 0.25) is 0 Å². The van der Waals surface area contributed by atoms with E-state index in [0.717, 1.165) is 26.2 Å². The summed E-state index contributed by atoms with van der Waals surface area (Å²) in [6.07, 6.45) is -1.00. The zero-order chi connectivity index (χ0) is 20.6. The molecule has 0 spiro atoms. The second-order valence-electron chi connectivity index (χ2n) is 7.37. The van der Waals surface area contributed by atoms with E-state index in [-0.39, 0.29) is 19.0 Å². The van der Waals surface area contributed by atoms with Gasteiger partial charge < -0.3 is 0 Å². The fourth-order valence-corrected chi connectivity index (χ4v) is 4.58. The van der Waals surface area contributed by atoms with Crippen LogP contribution in [0, 0.1) is 0 Å². The van der Waals surface area contributed by atoms with Gasteiger partial charge in [0.2, 0.25) is 0 Å². The Kier molecular flexibility index (Phi) is 5.89. The summed E-state index contributed by atoms with van der Waals surface area (Å²) in [5.41, 5.74) is 6.95. The van der Waals surface area contributed by atoms with Crippen molar-refractivity contribution in [2.75, 3.05) is 50.0 Å². The summed E-state index contributed by atoms with van der Waals surface area (Å²) in [5.74, 6) is 0.847. The summed E-state index contributed by atoms with van der Waals surface area (Å²) in [4.78, 5) is 25.5. The van der Waals surface area contributed by atoms with Crippen LogP contribution in [0.4, 0.5) is 11.8 Å². The fraction of sp³-hybridized carbons (Fsp3) is 0.667. The number of aliphatic hydroxyl groups is 1. The first kappa shape index (κ1) is 20.7. The average Bonchev–Trinajstić information content (AvgIpc) is 3.11. The van der Waals surface area contributed by atoms with Gasteiger partial charge in [0.15, 0.2) is 0 Å². The molecule has 2 aliphatic rings. The fourth-order valence-electron chi connectivity index (χ4n) is 3.47. The maximum absolute atomic E-state index is 10.9. The van der Waals surface area contributed by atoms with Crippen molar-refractivity contribution in [2.24, 2.45) is 0 Å². The van der Waals surface area contributed by atoms with Crippen LogP contribution in [0.3, 0.4) is 0 Å². The summed E-state index contributed by atoms with van der Waals surface area (Å²) in [6.45, 7) is 4.86. The molecule has 0 saturated carbocycles. The number of nitrogen functional groups attached to an aromatic ring is 1. The monoisotopic (exact) mass is 427 g/mol. The van der Waals surface area contributed by atoms with Crippen molar-refractivity contribution in [1.82, 2.24) is 24.8 Å². The zero-order valence-corrected chi connectivity index (χ0v) is 17.5. The van der Waals surface area contributed by atoms with Gasteiger partial charge in [-0.1, -0.05) is 0 Å². The first-order valence-electron chi connectivity index (χ1n) is 9.63. The number of nitrogens with one attached hydrogen (secondary N) is 1. The van der Waals surface area contributed by atoms with E-state index in [9.17, 15) is 10.00 Å². The molecule has 2 saturated heterocycles. The van der Waals surface area contributed by atoms with Gasteiger partial charge in [0.1, 0.15) is 0 Å². The molecule has 2 aromatic rings. The van der Waals surface area contributed by atoms with Crippen LogP contribution in [-0.4, -0.2) is 88.7 Å². The van der Waals surface area contributed by atoms with Gasteiger partial charge in [-0.2, -0.15) is 0 Å². The van der Waals surface area contributed by atoms with Gasteiger partial charge in [0.05, 0.1) is 0 Å². The van der Waals surface area contributed by atoms with E-state index in [1.807, 2.05) is 6.92 Å². The molecule has 4 rings (SSSR count). The van der Waals surface area contributed by atoms with Crippen molar-refractivity contribution >= 4 is 38.3 Å². The summed E-state index contributed by atoms with van der Waals surface area (Å²) in [6, 6.07) is 0. The second kappa shape index (κ2) is 8.27. The van der Waals surface area contributed by atoms with Crippen LogP contribution in [0.5, 0.6) is 0 Å². The summed E-state index contributed by atoms with van der Waals surface area (Å²) >= 11 is 0. The Morgan fingerprint density at radius 2 is 2.00 bits per heavy atom. The predicted octanol–water partition coefficient (Wildman–Crippen LogP) is -1.84. The number of piperazine rings is 1. The molecule has 0 unspecified atom stereocenters. The van der Waals surface area contributed by atoms with Crippen molar-refractivity contribution in [1.29, 1.82) is 0 Å². The van der Waals surface area contributed by atoms with E-state index in [2.05, 4.69) is 25.2 Å². The Hall–Kier alpha value is -1.60. The number of hydrogen-bond acceptors (Lipinski definition) is 11. The Balaban J connectivity index is 1.80. The standard InChI is InChI=1S/C15H27BN7O5P/c1-9-6-26-29(16,25)27-7-10(24)14(28-9)23-13-11(12(17)19-8-20-13)21-15(23)22-4-2-18-3-5-22/h8-10,14,18,24-25,29H,2-7,16H2,1H3,(H2,17,19,20)/t9-,10-,14+/m0/s1. The minimum absolute atomic E-state index is 0.134. The third-order valence-corrected chi connectivity index (χ3v) is 6.35. The maximum atomic E-state index is 10.9. The SMILES string of the molecule is B[PH]1(O)OC[C@H](C)O[C@@H](n2c(N3CCNCC3)nc3c(N)ncnc32)[C@@H](O)CO1. The molecule has 2 fully saturated rings. The van der Waals surface area contributed by atoms with Crippen molar-refractivity contribution in [3.63, 3.8) is 0 Å². The number of fused-ring (bicyclic) bond motifs is 1. The van der Waals surface area contributed by atoms with Crippen molar-refractivity contribution < 1.29 is 23.8 Å². The van der Waals surface area contributed by atoms with Gasteiger partial charge in [0, 0.05) is 0 Å². The number of hydrogen-bond donors (Lipinski definition) is 4. The first-order chi connectivity index (χ1) is 13.9. The molecule has 0 amide bonds. The molecule has 4 heterocycles. The van der Waals surface area contributed by atoms with E-state index >= 15 is 0 Å². The van der Waals surface area contributed by atoms with Crippen LogP contribution in [0.25, 0.3) is 11.2 Å². The molecule has 2 aromatic heterocycles. The molecule has 160 valence electrons. The molecular formula is C15H27BN7O5P. The third-order valence-electron chi connectivity index (χ3n) is 4.95. The number of imidazole rings is 1. The summed E-state index contributed by atoms with van der Waals surface area (Å²) in [5, 5.41) is 14.2. The number of nitrogens with two attached hydrogens (primary N) is 1. The number of rotatable bonds is 2. The minimum atomic E-state index is -3.34. The van der Waals surface area contributed by atoms with Crippen LogP contribution < -0.4 is 16.0 Å². The molecule has 0 bridgehead atoms. The second-order valence-corrected chi connectivity index (χ2v) is 9.75. The van der Waals surface area contributed by atoms with E-state index in [1.54, 1.807) is 4.57 Å². The average molecular weight is 427 g/mol. The normalized spacial score (nSPS) is 29.8. The van der Waals surface area contributed by atoms with Crippen LogP contribution in [0.1, 0.15) is 13.2 Å². The molecule has 5 N–H and O–H groups in total. The number of aliphatic hydroxyl groups excluding tert-OH is 1. The quantitative estimate of drug-likeness (QED) is 0.316. The molecule has 0 radical (unpaired) electrons. The van der Waals surface area contributed by atoms with E-state index in [0.29, 0.717) is 17.1 Å². The van der Waals surface area contributed by atoms with Crippen molar-refractivity contribution in [3.05, 3.63) is 6.33 Å². The van der Waals surface area contributed by atoms with Gasteiger partial charge in [-0.3, -0.25) is 0 Å². The molecule has 0 aliphatic carbocycles. The Morgan fingerprint density at radius 1 is 1.28 bits per heavy atom.